The van der Waals surface area contributed by atoms with Crippen LogP contribution in [0.3, 0.4) is 0 Å². The molecule has 0 radical (unpaired) electrons. The van der Waals surface area contributed by atoms with Crippen molar-refractivity contribution in [2.45, 2.75) is 6.92 Å². The fourth-order valence-corrected chi connectivity index (χ4v) is 3.35. The Morgan fingerprint density at radius 1 is 1.10 bits per heavy atom. The zero-order valence-electron chi connectivity index (χ0n) is 12.3. The van der Waals surface area contributed by atoms with Crippen LogP contribution in [0.5, 0.6) is 0 Å². The molecule has 21 heavy (non-hydrogen) atoms. The number of carbonyl (C=O) groups is 2. The quantitative estimate of drug-likeness (QED) is 0.678. The SMILES string of the molecule is CCOC(=O)N1CCN(C(=O)C2CN(S(C)(=O)=O)C2)CC1. The van der Waals surface area contributed by atoms with E-state index in [4.69, 9.17) is 4.74 Å². The van der Waals surface area contributed by atoms with Gasteiger partial charge in [0.15, 0.2) is 0 Å². The van der Waals surface area contributed by atoms with Gasteiger partial charge in [0.2, 0.25) is 15.9 Å². The molecule has 0 aliphatic carbocycles. The van der Waals surface area contributed by atoms with E-state index in [0.29, 0.717) is 32.8 Å². The van der Waals surface area contributed by atoms with Crippen LogP contribution in [0.2, 0.25) is 0 Å². The van der Waals surface area contributed by atoms with Crippen LogP contribution in [0, 0.1) is 5.92 Å². The molecule has 0 saturated carbocycles. The Kier molecular flexibility index (Phi) is 4.72. The number of hydrogen-bond donors (Lipinski definition) is 0. The van der Waals surface area contributed by atoms with Crippen molar-refractivity contribution in [2.75, 3.05) is 52.1 Å². The highest BCUT2D eigenvalue weighted by Crippen LogP contribution is 2.21. The molecule has 0 aromatic rings. The maximum Gasteiger partial charge on any atom is 0.409 e. The molecule has 2 aliphatic heterocycles. The third kappa shape index (κ3) is 3.65. The highest BCUT2D eigenvalue weighted by molar-refractivity contribution is 7.88. The lowest BCUT2D eigenvalue weighted by atomic mass is 10.0. The normalized spacial score (nSPS) is 21.0. The van der Waals surface area contributed by atoms with Crippen molar-refractivity contribution < 1.29 is 22.7 Å². The number of piperazine rings is 1. The van der Waals surface area contributed by atoms with Gasteiger partial charge in [0, 0.05) is 39.3 Å². The molecule has 2 rings (SSSR count). The van der Waals surface area contributed by atoms with Crippen LogP contribution in [0.4, 0.5) is 4.79 Å². The number of amides is 2. The molecule has 0 spiro atoms. The molecule has 0 bridgehead atoms. The van der Waals surface area contributed by atoms with Crippen molar-refractivity contribution in [3.8, 4) is 0 Å². The topological polar surface area (TPSA) is 87.2 Å². The Balaban J connectivity index is 1.78. The lowest BCUT2D eigenvalue weighted by Crippen LogP contribution is -2.59. The Labute approximate surface area is 124 Å². The molecule has 2 amide bonds. The molecule has 9 heteroatoms. The van der Waals surface area contributed by atoms with Crippen LogP contribution < -0.4 is 0 Å². The molecule has 2 aliphatic rings. The van der Waals surface area contributed by atoms with E-state index in [0.717, 1.165) is 6.26 Å². The molecule has 0 aromatic heterocycles. The van der Waals surface area contributed by atoms with E-state index in [1.807, 2.05) is 0 Å². The van der Waals surface area contributed by atoms with Crippen molar-refractivity contribution in [1.29, 1.82) is 0 Å². The van der Waals surface area contributed by atoms with Gasteiger partial charge in [-0.1, -0.05) is 0 Å². The maximum atomic E-state index is 12.2. The summed E-state index contributed by atoms with van der Waals surface area (Å²) >= 11 is 0. The van der Waals surface area contributed by atoms with E-state index in [1.165, 1.54) is 4.31 Å². The molecule has 0 atom stereocenters. The van der Waals surface area contributed by atoms with Gasteiger partial charge in [-0.05, 0) is 6.92 Å². The number of nitrogens with zero attached hydrogens (tertiary/aromatic N) is 3. The molecule has 2 saturated heterocycles. The van der Waals surface area contributed by atoms with Crippen molar-refractivity contribution in [3.05, 3.63) is 0 Å². The largest absolute Gasteiger partial charge is 0.450 e. The molecule has 8 nitrogen and oxygen atoms in total. The van der Waals surface area contributed by atoms with Crippen LogP contribution in [0.1, 0.15) is 6.92 Å². The third-order valence-corrected chi connectivity index (χ3v) is 5.02. The van der Waals surface area contributed by atoms with Crippen molar-refractivity contribution >= 4 is 22.0 Å². The van der Waals surface area contributed by atoms with Crippen LogP contribution in [-0.4, -0.2) is 86.7 Å². The van der Waals surface area contributed by atoms with E-state index in [2.05, 4.69) is 0 Å². The van der Waals surface area contributed by atoms with Gasteiger partial charge in [0.1, 0.15) is 0 Å². The Hall–Kier alpha value is -1.35. The zero-order valence-corrected chi connectivity index (χ0v) is 13.1. The predicted molar refractivity (Wildman–Crippen MR) is 75.1 cm³/mol. The minimum absolute atomic E-state index is 0.0293. The number of hydrogen-bond acceptors (Lipinski definition) is 5. The number of ether oxygens (including phenoxy) is 1. The molecule has 2 fully saturated rings. The molecule has 2 heterocycles. The number of rotatable bonds is 3. The first-order chi connectivity index (χ1) is 9.82. The first-order valence-corrected chi connectivity index (χ1v) is 8.83. The highest BCUT2D eigenvalue weighted by Gasteiger charge is 2.40. The molecule has 0 N–H and O–H groups in total. The second-order valence-electron chi connectivity index (χ2n) is 5.29. The van der Waals surface area contributed by atoms with Crippen molar-refractivity contribution in [2.24, 2.45) is 5.92 Å². The Morgan fingerprint density at radius 3 is 2.10 bits per heavy atom. The summed E-state index contributed by atoms with van der Waals surface area (Å²) in [6, 6.07) is 0. The Bertz CT molecular complexity index is 507. The average molecular weight is 319 g/mol. The number of sulfonamides is 1. The minimum atomic E-state index is -3.20. The summed E-state index contributed by atoms with van der Waals surface area (Å²) in [7, 11) is -3.20. The maximum absolute atomic E-state index is 12.2. The summed E-state index contributed by atoms with van der Waals surface area (Å²) in [5.41, 5.74) is 0. The van der Waals surface area contributed by atoms with Crippen molar-refractivity contribution in [1.82, 2.24) is 14.1 Å². The fourth-order valence-electron chi connectivity index (χ4n) is 2.45. The minimum Gasteiger partial charge on any atom is -0.450 e. The standard InChI is InChI=1S/C12H21N3O5S/c1-3-20-12(17)14-6-4-13(5-7-14)11(16)10-8-15(9-10)21(2,18)19/h10H,3-9H2,1-2H3. The second-order valence-corrected chi connectivity index (χ2v) is 7.27. The molecule has 0 unspecified atom stereocenters. The monoisotopic (exact) mass is 319 g/mol. The van der Waals surface area contributed by atoms with Gasteiger partial charge in [-0.25, -0.2) is 17.5 Å². The second kappa shape index (κ2) is 6.18. The molecular weight excluding hydrogens is 298 g/mol. The lowest BCUT2D eigenvalue weighted by molar-refractivity contribution is -0.140. The summed E-state index contributed by atoms with van der Waals surface area (Å²) in [5.74, 6) is -0.285. The van der Waals surface area contributed by atoms with Crippen LogP contribution in [0.25, 0.3) is 0 Å². The average Bonchev–Trinajstić information content (AvgIpc) is 2.35. The van der Waals surface area contributed by atoms with Gasteiger partial charge in [-0.2, -0.15) is 0 Å². The van der Waals surface area contributed by atoms with Gasteiger partial charge in [-0.3, -0.25) is 4.79 Å². The van der Waals surface area contributed by atoms with Gasteiger partial charge in [0.25, 0.3) is 0 Å². The summed E-state index contributed by atoms with van der Waals surface area (Å²) in [4.78, 5) is 27.1. The molecule has 120 valence electrons. The fraction of sp³-hybridized carbons (Fsp3) is 0.833. The van der Waals surface area contributed by atoms with Gasteiger partial charge >= 0.3 is 6.09 Å². The van der Waals surface area contributed by atoms with Crippen LogP contribution in [0.15, 0.2) is 0 Å². The van der Waals surface area contributed by atoms with Gasteiger partial charge in [-0.15, -0.1) is 0 Å². The summed E-state index contributed by atoms with van der Waals surface area (Å²) in [5, 5.41) is 0. The molecular formula is C12H21N3O5S. The smallest absolute Gasteiger partial charge is 0.409 e. The van der Waals surface area contributed by atoms with Crippen molar-refractivity contribution in [3.63, 3.8) is 0 Å². The summed E-state index contributed by atoms with van der Waals surface area (Å²) in [6.45, 7) is 4.44. The number of carbonyl (C=O) groups excluding carboxylic acids is 2. The third-order valence-electron chi connectivity index (χ3n) is 3.78. The predicted octanol–water partition coefficient (Wildman–Crippen LogP) is -0.821. The van der Waals surface area contributed by atoms with Crippen LogP contribution in [-0.2, 0) is 19.6 Å². The van der Waals surface area contributed by atoms with Gasteiger partial charge < -0.3 is 14.5 Å². The Morgan fingerprint density at radius 2 is 1.62 bits per heavy atom. The first kappa shape index (κ1) is 16.0. The first-order valence-electron chi connectivity index (χ1n) is 6.98. The summed E-state index contributed by atoms with van der Waals surface area (Å²) < 4.78 is 28.8. The van der Waals surface area contributed by atoms with E-state index >= 15 is 0 Å². The lowest BCUT2D eigenvalue weighted by Gasteiger charge is -2.41. The summed E-state index contributed by atoms with van der Waals surface area (Å²) in [6.07, 6.45) is 0.794. The van der Waals surface area contributed by atoms with E-state index < -0.39 is 10.0 Å². The molecule has 0 aromatic carbocycles. The van der Waals surface area contributed by atoms with E-state index in [-0.39, 0.29) is 31.0 Å². The van der Waals surface area contributed by atoms with E-state index in [9.17, 15) is 18.0 Å². The van der Waals surface area contributed by atoms with Gasteiger partial charge in [0.05, 0.1) is 18.8 Å². The van der Waals surface area contributed by atoms with E-state index in [1.54, 1.807) is 16.7 Å². The van der Waals surface area contributed by atoms with Crippen LogP contribution >= 0.6 is 0 Å². The zero-order chi connectivity index (χ0) is 15.6. The highest BCUT2D eigenvalue weighted by atomic mass is 32.2.